The summed E-state index contributed by atoms with van der Waals surface area (Å²) < 4.78 is 10.5. The number of oxazole rings is 1. The highest BCUT2D eigenvalue weighted by molar-refractivity contribution is 5.78. The Balaban J connectivity index is 1.65. The summed E-state index contributed by atoms with van der Waals surface area (Å²) in [6, 6.07) is 0. The van der Waals surface area contributed by atoms with Gasteiger partial charge in [0.25, 0.3) is 0 Å². The number of nitrogens with zero attached hydrogens (tertiary/aromatic N) is 4. The van der Waals surface area contributed by atoms with Crippen LogP contribution in [-0.4, -0.2) is 39.0 Å². The van der Waals surface area contributed by atoms with Gasteiger partial charge in [0.1, 0.15) is 12.0 Å². The molecule has 0 aliphatic carbocycles. The van der Waals surface area contributed by atoms with E-state index in [0.717, 1.165) is 25.9 Å². The number of aromatic nitrogens is 3. The average molecular weight is 304 g/mol. The molecule has 0 aromatic carbocycles. The maximum atomic E-state index is 12.0. The van der Waals surface area contributed by atoms with Crippen molar-refractivity contribution in [2.75, 3.05) is 13.1 Å². The molecule has 1 aliphatic rings. The van der Waals surface area contributed by atoms with E-state index in [9.17, 15) is 4.79 Å². The fraction of sp³-hybridized carbons (Fsp3) is 0.600. The monoisotopic (exact) mass is 304 g/mol. The molecule has 3 rings (SSSR count). The van der Waals surface area contributed by atoms with E-state index >= 15 is 0 Å². The summed E-state index contributed by atoms with van der Waals surface area (Å²) in [7, 11) is 0. The van der Waals surface area contributed by atoms with Crippen LogP contribution in [0, 0.1) is 12.8 Å². The van der Waals surface area contributed by atoms with Gasteiger partial charge in [-0.3, -0.25) is 4.79 Å². The van der Waals surface area contributed by atoms with E-state index in [0.29, 0.717) is 23.3 Å². The van der Waals surface area contributed by atoms with Crippen molar-refractivity contribution in [3.63, 3.8) is 0 Å². The van der Waals surface area contributed by atoms with Crippen LogP contribution in [-0.2, 0) is 4.79 Å². The van der Waals surface area contributed by atoms with E-state index in [4.69, 9.17) is 8.94 Å². The molecule has 1 saturated heterocycles. The number of rotatable bonds is 3. The highest BCUT2D eigenvalue weighted by atomic mass is 16.5. The van der Waals surface area contributed by atoms with Gasteiger partial charge in [-0.2, -0.15) is 4.98 Å². The molecular formula is C15H20N4O3. The first-order valence-electron chi connectivity index (χ1n) is 7.59. The lowest BCUT2D eigenvalue weighted by atomic mass is 9.96. The zero-order valence-corrected chi connectivity index (χ0v) is 13.1. The number of amides is 1. The van der Waals surface area contributed by atoms with Gasteiger partial charge < -0.3 is 13.8 Å². The summed E-state index contributed by atoms with van der Waals surface area (Å²) in [6.45, 7) is 7.11. The molecule has 2 aromatic rings. The second kappa shape index (κ2) is 5.90. The summed E-state index contributed by atoms with van der Waals surface area (Å²) >= 11 is 0. The Kier molecular flexibility index (Phi) is 3.96. The average Bonchev–Trinajstić information content (AvgIpc) is 3.15. The Morgan fingerprint density at radius 3 is 2.64 bits per heavy atom. The predicted octanol–water partition coefficient (Wildman–Crippen LogP) is 2.40. The smallest absolute Gasteiger partial charge is 0.230 e. The molecule has 2 aromatic heterocycles. The van der Waals surface area contributed by atoms with Crippen LogP contribution in [0.3, 0.4) is 0 Å². The van der Waals surface area contributed by atoms with Crippen LogP contribution < -0.4 is 0 Å². The lowest BCUT2D eigenvalue weighted by Crippen LogP contribution is -2.40. The molecule has 1 amide bonds. The van der Waals surface area contributed by atoms with Crippen LogP contribution >= 0.6 is 0 Å². The van der Waals surface area contributed by atoms with Crippen LogP contribution in [0.15, 0.2) is 15.2 Å². The van der Waals surface area contributed by atoms with Crippen molar-refractivity contribution in [2.24, 2.45) is 5.92 Å². The first-order chi connectivity index (χ1) is 10.5. The first-order valence-corrected chi connectivity index (χ1v) is 7.59. The molecule has 1 fully saturated rings. The highest BCUT2D eigenvalue weighted by Crippen LogP contribution is 2.28. The minimum absolute atomic E-state index is 0.0435. The number of hydrogen-bond acceptors (Lipinski definition) is 6. The number of aryl methyl sites for hydroxylation is 1. The van der Waals surface area contributed by atoms with Crippen molar-refractivity contribution in [2.45, 2.75) is 39.5 Å². The molecule has 7 heteroatoms. The number of piperidine rings is 1. The summed E-state index contributed by atoms with van der Waals surface area (Å²) in [4.78, 5) is 22.5. The van der Waals surface area contributed by atoms with Crippen LogP contribution in [0.4, 0.5) is 0 Å². The number of hydrogen-bond donors (Lipinski definition) is 0. The fourth-order valence-corrected chi connectivity index (χ4v) is 2.68. The van der Waals surface area contributed by atoms with Gasteiger partial charge in [-0.25, -0.2) is 4.98 Å². The minimum Gasteiger partial charge on any atom is -0.449 e. The summed E-state index contributed by atoms with van der Waals surface area (Å²) in [6.07, 6.45) is 3.21. The van der Waals surface area contributed by atoms with E-state index in [1.54, 1.807) is 6.92 Å². The van der Waals surface area contributed by atoms with E-state index in [2.05, 4.69) is 15.1 Å². The molecule has 0 saturated carbocycles. The van der Waals surface area contributed by atoms with Gasteiger partial charge in [0, 0.05) is 31.8 Å². The van der Waals surface area contributed by atoms with Crippen molar-refractivity contribution in [1.82, 2.24) is 20.0 Å². The maximum absolute atomic E-state index is 12.0. The standard InChI is InChI=1S/C15H20N4O3/c1-9(2)15(20)19-6-4-11(5-7-19)14-17-13(18-22-14)12-8-21-10(3)16-12/h8-9,11H,4-7H2,1-3H3. The molecule has 22 heavy (non-hydrogen) atoms. The van der Waals surface area contributed by atoms with Gasteiger partial charge >= 0.3 is 0 Å². The SMILES string of the molecule is Cc1nc(-c2noc(C3CCN(C(=O)C(C)C)CC3)n2)co1. The Morgan fingerprint density at radius 2 is 2.05 bits per heavy atom. The fourth-order valence-electron chi connectivity index (χ4n) is 2.68. The molecule has 1 aliphatic heterocycles. The summed E-state index contributed by atoms with van der Waals surface area (Å²) in [5.41, 5.74) is 0.583. The van der Waals surface area contributed by atoms with Gasteiger partial charge in [-0.1, -0.05) is 19.0 Å². The molecule has 0 spiro atoms. The van der Waals surface area contributed by atoms with Gasteiger partial charge in [0.05, 0.1) is 0 Å². The van der Waals surface area contributed by atoms with Crippen LogP contribution in [0.2, 0.25) is 0 Å². The Morgan fingerprint density at radius 1 is 1.32 bits per heavy atom. The van der Waals surface area contributed by atoms with Gasteiger partial charge in [0.2, 0.25) is 17.6 Å². The first kappa shape index (κ1) is 14.7. The Labute approximate surface area is 128 Å². The van der Waals surface area contributed by atoms with Crippen molar-refractivity contribution >= 4 is 5.91 Å². The largest absolute Gasteiger partial charge is 0.449 e. The zero-order chi connectivity index (χ0) is 15.7. The Hall–Kier alpha value is -2.18. The Bertz CT molecular complexity index is 653. The second-order valence-corrected chi connectivity index (χ2v) is 5.96. The third-order valence-electron chi connectivity index (χ3n) is 3.94. The van der Waals surface area contributed by atoms with Crippen molar-refractivity contribution in [3.8, 4) is 11.5 Å². The molecule has 0 N–H and O–H groups in total. The normalized spacial score (nSPS) is 16.5. The van der Waals surface area contributed by atoms with Crippen molar-refractivity contribution < 1.29 is 13.7 Å². The van der Waals surface area contributed by atoms with Crippen molar-refractivity contribution in [3.05, 3.63) is 18.0 Å². The van der Waals surface area contributed by atoms with Crippen LogP contribution in [0.5, 0.6) is 0 Å². The van der Waals surface area contributed by atoms with E-state index in [-0.39, 0.29) is 17.7 Å². The third-order valence-corrected chi connectivity index (χ3v) is 3.94. The van der Waals surface area contributed by atoms with Crippen LogP contribution in [0.1, 0.15) is 44.4 Å². The number of carbonyl (C=O) groups is 1. The molecule has 118 valence electrons. The second-order valence-electron chi connectivity index (χ2n) is 5.96. The zero-order valence-electron chi connectivity index (χ0n) is 13.1. The highest BCUT2D eigenvalue weighted by Gasteiger charge is 2.28. The third kappa shape index (κ3) is 2.88. The van der Waals surface area contributed by atoms with Crippen molar-refractivity contribution in [1.29, 1.82) is 0 Å². The molecular weight excluding hydrogens is 284 g/mol. The van der Waals surface area contributed by atoms with E-state index in [1.165, 1.54) is 6.26 Å². The topological polar surface area (TPSA) is 85.3 Å². The molecule has 3 heterocycles. The molecule has 0 atom stereocenters. The maximum Gasteiger partial charge on any atom is 0.230 e. The molecule has 0 radical (unpaired) electrons. The lowest BCUT2D eigenvalue weighted by Gasteiger charge is -2.31. The number of likely N-dealkylation sites (tertiary alicyclic amines) is 1. The van der Waals surface area contributed by atoms with Gasteiger partial charge in [-0.15, -0.1) is 0 Å². The molecule has 0 bridgehead atoms. The van der Waals surface area contributed by atoms with E-state index in [1.807, 2.05) is 18.7 Å². The molecule has 7 nitrogen and oxygen atoms in total. The summed E-state index contributed by atoms with van der Waals surface area (Å²) in [5.74, 6) is 2.09. The van der Waals surface area contributed by atoms with Gasteiger partial charge in [0.15, 0.2) is 5.89 Å². The number of carbonyl (C=O) groups excluding carboxylic acids is 1. The predicted molar refractivity (Wildman–Crippen MR) is 77.9 cm³/mol. The molecule has 0 unspecified atom stereocenters. The lowest BCUT2D eigenvalue weighted by molar-refractivity contribution is -0.135. The minimum atomic E-state index is 0.0435. The van der Waals surface area contributed by atoms with Gasteiger partial charge in [-0.05, 0) is 12.8 Å². The summed E-state index contributed by atoms with van der Waals surface area (Å²) in [5, 5.41) is 3.97. The van der Waals surface area contributed by atoms with E-state index < -0.39 is 0 Å². The van der Waals surface area contributed by atoms with Crippen LogP contribution in [0.25, 0.3) is 11.5 Å². The quantitative estimate of drug-likeness (QED) is 0.865.